The minimum atomic E-state index is -4.60. The summed E-state index contributed by atoms with van der Waals surface area (Å²) >= 11 is 0. The lowest BCUT2D eigenvalue weighted by atomic mass is 9.99. The topological polar surface area (TPSA) is 139 Å². The number of anilines is 2. The van der Waals surface area contributed by atoms with Gasteiger partial charge < -0.3 is 19.3 Å². The number of nitrogens with zero attached hydrogens (tertiary/aromatic N) is 2. The fraction of sp³-hybridized carbons (Fsp3) is 0.278. The van der Waals surface area contributed by atoms with Crippen LogP contribution in [0.4, 0.5) is 11.4 Å². The molecule has 0 saturated carbocycles. The van der Waals surface area contributed by atoms with Gasteiger partial charge >= 0.3 is 0 Å². The van der Waals surface area contributed by atoms with Crippen molar-refractivity contribution < 1.29 is 35.9 Å². The Kier molecular flexibility index (Phi) is 12.6. The van der Waals surface area contributed by atoms with Crippen LogP contribution in [0.3, 0.4) is 0 Å². The number of nitrogens with one attached hydrogen (secondary N) is 1. The SMILES string of the molecule is COc1ccc(N(C)C(=O)[C@H](Cc2ccccc2)CS(=O)(=O)CS(=O)(=O)N[C@@H](Cc2ccccc2)C(=O)N(C)c2ccc(OC)cc2)cc1. The molecular formula is C36H41N3O8S2. The third-order valence-electron chi connectivity index (χ3n) is 7.95. The summed E-state index contributed by atoms with van der Waals surface area (Å²) in [4.78, 5) is 30.1. The predicted molar refractivity (Wildman–Crippen MR) is 191 cm³/mol. The lowest BCUT2D eigenvalue weighted by Gasteiger charge is -2.26. The molecule has 0 unspecified atom stereocenters. The molecule has 4 rings (SSSR count). The maximum Gasteiger partial charge on any atom is 0.245 e. The summed E-state index contributed by atoms with van der Waals surface area (Å²) in [5.41, 5.74) is 2.39. The van der Waals surface area contributed by atoms with Crippen molar-refractivity contribution in [2.75, 3.05) is 49.0 Å². The van der Waals surface area contributed by atoms with Gasteiger partial charge in [0.25, 0.3) is 0 Å². The van der Waals surface area contributed by atoms with Gasteiger partial charge in [-0.25, -0.2) is 21.6 Å². The molecule has 0 spiro atoms. The van der Waals surface area contributed by atoms with Crippen LogP contribution in [-0.4, -0.2) is 73.8 Å². The van der Waals surface area contributed by atoms with Crippen molar-refractivity contribution in [3.63, 3.8) is 0 Å². The van der Waals surface area contributed by atoms with E-state index in [9.17, 15) is 26.4 Å². The number of ether oxygens (including phenoxy) is 2. The van der Waals surface area contributed by atoms with Crippen LogP contribution in [0.25, 0.3) is 0 Å². The standard InChI is InChI=1S/C36H41N3O8S2/c1-38(30-15-19-32(46-3)20-16-30)35(40)29(23-27-11-7-5-8-12-27)25-48(42,43)26-49(44,45)37-34(24-28-13-9-6-10-14-28)36(41)39(2)31-17-21-33(47-4)22-18-31/h5-22,29,34,37H,23-26H2,1-4H3/t29-,34+/m1/s1. The molecule has 4 aromatic carbocycles. The molecule has 0 aliphatic rings. The van der Waals surface area contributed by atoms with Crippen molar-refractivity contribution in [3.8, 4) is 11.5 Å². The number of likely N-dealkylation sites (N-methyl/N-ethyl adjacent to an activating group) is 1. The van der Waals surface area contributed by atoms with Crippen LogP contribution in [0.1, 0.15) is 11.1 Å². The van der Waals surface area contributed by atoms with Crippen LogP contribution >= 0.6 is 0 Å². The molecule has 0 bridgehead atoms. The largest absolute Gasteiger partial charge is 0.497 e. The molecule has 0 aromatic heterocycles. The van der Waals surface area contributed by atoms with Crippen molar-refractivity contribution in [3.05, 3.63) is 120 Å². The van der Waals surface area contributed by atoms with Gasteiger partial charge in [0.1, 0.15) is 17.5 Å². The Hall–Kier alpha value is -4.72. The van der Waals surface area contributed by atoms with Crippen LogP contribution in [0.5, 0.6) is 11.5 Å². The molecule has 2 amide bonds. The molecule has 0 aliphatic carbocycles. The maximum absolute atomic E-state index is 13.8. The van der Waals surface area contributed by atoms with Gasteiger partial charge in [0.2, 0.25) is 21.8 Å². The number of sulfone groups is 1. The first kappa shape index (κ1) is 37.1. The average molecular weight is 708 g/mol. The second-order valence-corrected chi connectivity index (χ2v) is 15.8. The van der Waals surface area contributed by atoms with Crippen LogP contribution < -0.4 is 24.0 Å². The van der Waals surface area contributed by atoms with E-state index >= 15 is 0 Å². The summed E-state index contributed by atoms with van der Waals surface area (Å²) in [5, 5.41) is -1.31. The van der Waals surface area contributed by atoms with Crippen LogP contribution in [-0.2, 0) is 42.3 Å². The van der Waals surface area contributed by atoms with Crippen LogP contribution in [0.15, 0.2) is 109 Å². The van der Waals surface area contributed by atoms with E-state index in [0.29, 0.717) is 28.4 Å². The van der Waals surface area contributed by atoms with Gasteiger partial charge in [-0.05, 0) is 72.5 Å². The highest BCUT2D eigenvalue weighted by Crippen LogP contribution is 2.23. The third-order valence-corrected chi connectivity index (χ3v) is 12.2. The van der Waals surface area contributed by atoms with Gasteiger partial charge in [-0.2, -0.15) is 0 Å². The number of benzene rings is 4. The first-order valence-electron chi connectivity index (χ1n) is 15.4. The Bertz CT molecular complexity index is 1760. The van der Waals surface area contributed by atoms with E-state index < -0.39 is 54.5 Å². The zero-order chi connectivity index (χ0) is 35.6. The Balaban J connectivity index is 1.56. The minimum Gasteiger partial charge on any atom is -0.497 e. The summed E-state index contributed by atoms with van der Waals surface area (Å²) in [6.07, 6.45) is 0.0376. The Morgan fingerprint density at radius 1 is 0.633 bits per heavy atom. The van der Waals surface area contributed by atoms with Crippen molar-refractivity contribution in [2.45, 2.75) is 18.9 Å². The molecule has 0 heterocycles. The molecule has 0 aliphatic heterocycles. The molecule has 2 atom stereocenters. The smallest absolute Gasteiger partial charge is 0.245 e. The summed E-state index contributed by atoms with van der Waals surface area (Å²) in [6, 6.07) is 29.7. The highest BCUT2D eigenvalue weighted by Gasteiger charge is 2.34. The number of sulfonamides is 1. The van der Waals surface area contributed by atoms with Crippen molar-refractivity contribution >= 4 is 43.0 Å². The number of amides is 2. The molecule has 49 heavy (non-hydrogen) atoms. The summed E-state index contributed by atoms with van der Waals surface area (Å²) in [5.74, 6) is -1.75. The van der Waals surface area contributed by atoms with E-state index in [1.54, 1.807) is 109 Å². The van der Waals surface area contributed by atoms with Crippen LogP contribution in [0, 0.1) is 5.92 Å². The predicted octanol–water partition coefficient (Wildman–Crippen LogP) is 4.09. The molecule has 4 aromatic rings. The second kappa shape index (κ2) is 16.6. The highest BCUT2D eigenvalue weighted by atomic mass is 32.3. The fourth-order valence-electron chi connectivity index (χ4n) is 5.36. The zero-order valence-corrected chi connectivity index (χ0v) is 29.5. The van der Waals surface area contributed by atoms with E-state index in [-0.39, 0.29) is 12.8 Å². The quantitative estimate of drug-likeness (QED) is 0.184. The van der Waals surface area contributed by atoms with E-state index in [2.05, 4.69) is 4.72 Å². The van der Waals surface area contributed by atoms with Gasteiger partial charge in [0, 0.05) is 25.5 Å². The van der Waals surface area contributed by atoms with E-state index in [0.717, 1.165) is 5.56 Å². The molecular weight excluding hydrogens is 667 g/mol. The Morgan fingerprint density at radius 3 is 1.51 bits per heavy atom. The highest BCUT2D eigenvalue weighted by molar-refractivity contribution is 8.07. The van der Waals surface area contributed by atoms with Gasteiger partial charge in [-0.15, -0.1) is 0 Å². The number of carbonyl (C=O) groups excluding carboxylic acids is 2. The minimum absolute atomic E-state index is 0.0266. The fourth-order valence-corrected chi connectivity index (χ4v) is 9.40. The monoisotopic (exact) mass is 707 g/mol. The molecule has 1 N–H and O–H groups in total. The van der Waals surface area contributed by atoms with E-state index in [4.69, 9.17) is 9.47 Å². The van der Waals surface area contributed by atoms with Gasteiger partial charge in [-0.1, -0.05) is 60.7 Å². The summed E-state index contributed by atoms with van der Waals surface area (Å²) in [7, 11) is -2.93. The maximum atomic E-state index is 13.8. The second-order valence-electron chi connectivity index (χ2n) is 11.6. The number of hydrogen-bond donors (Lipinski definition) is 1. The molecule has 260 valence electrons. The first-order valence-corrected chi connectivity index (χ1v) is 18.9. The van der Waals surface area contributed by atoms with Gasteiger partial charge in [-0.3, -0.25) is 9.59 Å². The molecule has 13 heteroatoms. The summed E-state index contributed by atoms with van der Waals surface area (Å²) in [6.45, 7) is 0. The average Bonchev–Trinajstić information content (AvgIpc) is 3.10. The van der Waals surface area contributed by atoms with Crippen molar-refractivity contribution in [2.24, 2.45) is 5.92 Å². The molecule has 0 saturated heterocycles. The van der Waals surface area contributed by atoms with Crippen molar-refractivity contribution in [1.82, 2.24) is 4.72 Å². The Morgan fingerprint density at radius 2 is 1.06 bits per heavy atom. The molecule has 11 nitrogen and oxygen atoms in total. The lowest BCUT2D eigenvalue weighted by molar-refractivity contribution is -0.121. The lowest BCUT2D eigenvalue weighted by Crippen LogP contribution is -2.50. The number of rotatable bonds is 16. The number of hydrogen-bond acceptors (Lipinski definition) is 8. The number of carbonyl (C=O) groups is 2. The first-order chi connectivity index (χ1) is 23.3. The summed E-state index contributed by atoms with van der Waals surface area (Å²) < 4.78 is 67.0. The third kappa shape index (κ3) is 10.6. The van der Waals surface area contributed by atoms with Crippen molar-refractivity contribution in [1.29, 1.82) is 0 Å². The van der Waals surface area contributed by atoms with Gasteiger partial charge in [0.05, 0.1) is 25.9 Å². The molecule has 0 fully saturated rings. The van der Waals surface area contributed by atoms with Gasteiger partial charge in [0.15, 0.2) is 14.9 Å². The number of methoxy groups -OCH3 is 2. The zero-order valence-electron chi connectivity index (χ0n) is 27.9. The van der Waals surface area contributed by atoms with Crippen LogP contribution in [0.2, 0.25) is 0 Å². The Labute approximate surface area is 288 Å². The normalized spacial score (nSPS) is 12.8. The molecule has 0 radical (unpaired) electrons. The van der Waals surface area contributed by atoms with E-state index in [1.807, 2.05) is 0 Å². The van der Waals surface area contributed by atoms with E-state index in [1.165, 1.54) is 38.1 Å².